The topological polar surface area (TPSA) is 101 Å². The van der Waals surface area contributed by atoms with Crippen LogP contribution in [0.5, 0.6) is 0 Å². The number of rotatable bonds is 4. The minimum atomic E-state index is -3.64. The molecular weight excluding hydrogens is 418 g/mol. The van der Waals surface area contributed by atoms with Crippen LogP contribution in [0.2, 0.25) is 0 Å². The van der Waals surface area contributed by atoms with Crippen molar-refractivity contribution in [3.05, 3.63) is 69.3 Å². The zero-order chi connectivity index (χ0) is 23.0. The molecule has 1 saturated heterocycles. The number of benzene rings is 2. The Labute approximate surface area is 182 Å². The summed E-state index contributed by atoms with van der Waals surface area (Å²) in [5.41, 5.74) is 1.72. The number of nitrogens with zero attached hydrogens (tertiary/aromatic N) is 3. The Kier molecular flexibility index (Phi) is 6.20. The van der Waals surface area contributed by atoms with Crippen LogP contribution in [0.4, 0.5) is 5.69 Å². The van der Waals surface area contributed by atoms with Crippen LogP contribution in [0.3, 0.4) is 0 Å². The number of nitro benzene ring substituents is 1. The van der Waals surface area contributed by atoms with Gasteiger partial charge in [-0.15, -0.1) is 0 Å². The third-order valence-electron chi connectivity index (χ3n) is 5.52. The SMILES string of the molecule is Cc1cc(C(=O)N2CCN(S(=O)(=O)c3ccc(C(C)(C)C)cc3)CC2)ccc1[N+](=O)[O-]. The van der Waals surface area contributed by atoms with Crippen LogP contribution < -0.4 is 0 Å². The molecule has 1 amide bonds. The highest BCUT2D eigenvalue weighted by atomic mass is 32.2. The first-order valence-electron chi connectivity index (χ1n) is 10.1. The molecule has 0 unspecified atom stereocenters. The largest absolute Gasteiger partial charge is 0.336 e. The lowest BCUT2D eigenvalue weighted by molar-refractivity contribution is -0.385. The fraction of sp³-hybridized carbons (Fsp3) is 0.409. The zero-order valence-electron chi connectivity index (χ0n) is 18.2. The van der Waals surface area contributed by atoms with Crippen LogP contribution in [0.25, 0.3) is 0 Å². The molecule has 1 heterocycles. The quantitative estimate of drug-likeness (QED) is 0.531. The number of hydrogen-bond acceptors (Lipinski definition) is 5. The molecule has 0 atom stereocenters. The van der Waals surface area contributed by atoms with E-state index in [1.807, 2.05) is 12.1 Å². The van der Waals surface area contributed by atoms with E-state index in [0.717, 1.165) is 5.56 Å². The molecule has 0 aliphatic carbocycles. The summed E-state index contributed by atoms with van der Waals surface area (Å²) in [4.78, 5) is 25.1. The van der Waals surface area contributed by atoms with Crippen molar-refractivity contribution < 1.29 is 18.1 Å². The van der Waals surface area contributed by atoms with Crippen molar-refractivity contribution in [2.45, 2.75) is 38.0 Å². The van der Waals surface area contributed by atoms with Gasteiger partial charge >= 0.3 is 0 Å². The molecule has 31 heavy (non-hydrogen) atoms. The number of aryl methyl sites for hydroxylation is 1. The molecule has 2 aromatic rings. The van der Waals surface area contributed by atoms with Crippen LogP contribution in [0.1, 0.15) is 42.3 Å². The Hall–Kier alpha value is -2.78. The van der Waals surface area contributed by atoms with E-state index in [4.69, 9.17) is 0 Å². The number of carbonyl (C=O) groups is 1. The third kappa shape index (κ3) is 4.77. The van der Waals surface area contributed by atoms with Gasteiger partial charge in [0.1, 0.15) is 0 Å². The van der Waals surface area contributed by atoms with Crippen molar-refractivity contribution >= 4 is 21.6 Å². The third-order valence-corrected chi connectivity index (χ3v) is 7.44. The van der Waals surface area contributed by atoms with Gasteiger partial charge in [0.05, 0.1) is 9.82 Å². The first kappa shape index (κ1) is 22.9. The number of amides is 1. The van der Waals surface area contributed by atoms with Crippen molar-refractivity contribution in [2.24, 2.45) is 0 Å². The molecule has 1 aliphatic rings. The normalized spacial score (nSPS) is 15.7. The van der Waals surface area contributed by atoms with Crippen LogP contribution in [0.15, 0.2) is 47.4 Å². The average molecular weight is 446 g/mol. The Balaban J connectivity index is 1.69. The monoisotopic (exact) mass is 445 g/mol. The molecule has 9 heteroatoms. The molecule has 0 radical (unpaired) electrons. The van der Waals surface area contributed by atoms with Gasteiger partial charge in [0, 0.05) is 43.4 Å². The average Bonchev–Trinajstić information content (AvgIpc) is 2.72. The van der Waals surface area contributed by atoms with Gasteiger partial charge in [-0.1, -0.05) is 32.9 Å². The summed E-state index contributed by atoms with van der Waals surface area (Å²) < 4.78 is 27.4. The van der Waals surface area contributed by atoms with Gasteiger partial charge in [0.2, 0.25) is 10.0 Å². The van der Waals surface area contributed by atoms with Gasteiger partial charge in [-0.2, -0.15) is 4.31 Å². The molecule has 2 aromatic carbocycles. The molecule has 0 saturated carbocycles. The Morgan fingerprint density at radius 3 is 2.06 bits per heavy atom. The lowest BCUT2D eigenvalue weighted by Gasteiger charge is -2.34. The van der Waals surface area contributed by atoms with E-state index in [9.17, 15) is 23.3 Å². The van der Waals surface area contributed by atoms with Gasteiger partial charge < -0.3 is 4.90 Å². The number of hydrogen-bond donors (Lipinski definition) is 0. The van der Waals surface area contributed by atoms with Gasteiger partial charge in [-0.05, 0) is 42.2 Å². The fourth-order valence-electron chi connectivity index (χ4n) is 3.58. The van der Waals surface area contributed by atoms with Gasteiger partial charge in [0.15, 0.2) is 0 Å². The molecule has 166 valence electrons. The number of piperazine rings is 1. The first-order valence-corrected chi connectivity index (χ1v) is 11.5. The van der Waals surface area contributed by atoms with Crippen LogP contribution in [-0.2, 0) is 15.4 Å². The zero-order valence-corrected chi connectivity index (χ0v) is 19.0. The molecule has 1 aliphatic heterocycles. The van der Waals surface area contributed by atoms with E-state index >= 15 is 0 Å². The highest BCUT2D eigenvalue weighted by Crippen LogP contribution is 2.25. The summed E-state index contributed by atoms with van der Waals surface area (Å²) in [7, 11) is -3.64. The lowest BCUT2D eigenvalue weighted by atomic mass is 9.87. The molecular formula is C22H27N3O5S. The van der Waals surface area contributed by atoms with Crippen molar-refractivity contribution in [3.63, 3.8) is 0 Å². The number of nitro groups is 1. The summed E-state index contributed by atoms with van der Waals surface area (Å²) in [6, 6.07) is 11.2. The van der Waals surface area contributed by atoms with E-state index in [1.54, 1.807) is 24.0 Å². The second kappa shape index (κ2) is 8.39. The fourth-order valence-corrected chi connectivity index (χ4v) is 5.01. The standard InChI is InChI=1S/C22H27N3O5S/c1-16-15-17(5-10-20(16)25(27)28)21(26)23-11-13-24(14-12-23)31(29,30)19-8-6-18(7-9-19)22(2,3)4/h5-10,15H,11-14H2,1-4H3. The summed E-state index contributed by atoms with van der Waals surface area (Å²) in [6.45, 7) is 8.70. The maximum absolute atomic E-state index is 13.0. The smallest absolute Gasteiger partial charge is 0.272 e. The van der Waals surface area contributed by atoms with Crippen LogP contribution in [0, 0.1) is 17.0 Å². The van der Waals surface area contributed by atoms with Crippen molar-refractivity contribution in [3.8, 4) is 0 Å². The summed E-state index contributed by atoms with van der Waals surface area (Å²) in [6.07, 6.45) is 0. The highest BCUT2D eigenvalue weighted by molar-refractivity contribution is 7.89. The van der Waals surface area contributed by atoms with Gasteiger partial charge in [0.25, 0.3) is 11.6 Å². The second-order valence-electron chi connectivity index (χ2n) is 8.73. The minimum absolute atomic E-state index is 0.0371. The maximum atomic E-state index is 13.0. The Morgan fingerprint density at radius 2 is 1.58 bits per heavy atom. The van der Waals surface area contributed by atoms with Crippen molar-refractivity contribution in [1.29, 1.82) is 0 Å². The van der Waals surface area contributed by atoms with Gasteiger partial charge in [-0.3, -0.25) is 14.9 Å². The predicted molar refractivity (Wildman–Crippen MR) is 118 cm³/mol. The molecule has 0 aromatic heterocycles. The first-order chi connectivity index (χ1) is 14.4. The summed E-state index contributed by atoms with van der Waals surface area (Å²) in [5.74, 6) is -0.260. The molecule has 8 nitrogen and oxygen atoms in total. The summed E-state index contributed by atoms with van der Waals surface area (Å²) >= 11 is 0. The van der Waals surface area contributed by atoms with Gasteiger partial charge in [-0.25, -0.2) is 8.42 Å². The predicted octanol–water partition coefficient (Wildman–Crippen LogP) is 3.35. The molecule has 0 bridgehead atoms. The minimum Gasteiger partial charge on any atom is -0.336 e. The number of carbonyl (C=O) groups excluding carboxylic acids is 1. The van der Waals surface area contributed by atoms with E-state index in [-0.39, 0.29) is 48.1 Å². The van der Waals surface area contributed by atoms with Crippen LogP contribution in [-0.4, -0.2) is 54.6 Å². The number of sulfonamides is 1. The lowest BCUT2D eigenvalue weighted by Crippen LogP contribution is -2.50. The molecule has 3 rings (SSSR count). The Bertz CT molecular complexity index is 1100. The van der Waals surface area contributed by atoms with E-state index in [1.165, 1.54) is 22.5 Å². The van der Waals surface area contributed by atoms with Crippen molar-refractivity contribution in [1.82, 2.24) is 9.21 Å². The summed E-state index contributed by atoms with van der Waals surface area (Å²) in [5, 5.41) is 11.0. The highest BCUT2D eigenvalue weighted by Gasteiger charge is 2.31. The van der Waals surface area contributed by atoms with Crippen LogP contribution >= 0.6 is 0 Å². The van der Waals surface area contributed by atoms with E-state index < -0.39 is 14.9 Å². The van der Waals surface area contributed by atoms with E-state index in [0.29, 0.717) is 11.1 Å². The molecule has 1 fully saturated rings. The molecule has 0 spiro atoms. The molecule has 0 N–H and O–H groups in total. The second-order valence-corrected chi connectivity index (χ2v) is 10.7. The van der Waals surface area contributed by atoms with E-state index in [2.05, 4.69) is 20.8 Å². The van der Waals surface area contributed by atoms with Crippen molar-refractivity contribution in [2.75, 3.05) is 26.2 Å². The Morgan fingerprint density at radius 1 is 1.00 bits per heavy atom. The maximum Gasteiger partial charge on any atom is 0.272 e.